The molecule has 132 valence electrons. The van der Waals surface area contributed by atoms with Gasteiger partial charge in [0.05, 0.1) is 19.4 Å². The maximum absolute atomic E-state index is 12.1. The zero-order valence-corrected chi connectivity index (χ0v) is 15.6. The highest BCUT2D eigenvalue weighted by molar-refractivity contribution is 7.98. The molecule has 25 heavy (non-hydrogen) atoms. The van der Waals surface area contributed by atoms with Crippen molar-refractivity contribution in [3.8, 4) is 28.8 Å². The number of nitrogens with zero attached hydrogens (tertiary/aromatic N) is 2. The maximum Gasteiger partial charge on any atom is 0.270 e. The topological polar surface area (TPSA) is 88.0 Å². The van der Waals surface area contributed by atoms with Crippen LogP contribution in [0, 0.1) is 17.2 Å². The van der Waals surface area contributed by atoms with Crippen molar-refractivity contribution in [2.24, 2.45) is 5.92 Å². The Labute approximate surface area is 151 Å². The fourth-order valence-electron chi connectivity index (χ4n) is 2.20. The number of ether oxygens (including phenoxy) is 2. The second kappa shape index (κ2) is 8.58. The summed E-state index contributed by atoms with van der Waals surface area (Å²) in [5.41, 5.74) is 0.495. The summed E-state index contributed by atoms with van der Waals surface area (Å²) >= 11 is 1.31. The summed E-state index contributed by atoms with van der Waals surface area (Å²) in [5.74, 6) is 1.71. The Hall–Kier alpha value is -2.46. The smallest absolute Gasteiger partial charge is 0.270 e. The van der Waals surface area contributed by atoms with E-state index in [1.807, 2.05) is 6.07 Å². The van der Waals surface area contributed by atoms with Crippen molar-refractivity contribution in [2.75, 3.05) is 20.0 Å². The highest BCUT2D eigenvalue weighted by Crippen LogP contribution is 2.33. The Bertz CT molecular complexity index is 840. The van der Waals surface area contributed by atoms with Gasteiger partial charge in [0, 0.05) is 5.56 Å². The molecule has 2 aromatic rings. The lowest BCUT2D eigenvalue weighted by molar-refractivity contribution is 0.273. The third-order valence-corrected chi connectivity index (χ3v) is 4.17. The van der Waals surface area contributed by atoms with E-state index >= 15 is 0 Å². The van der Waals surface area contributed by atoms with E-state index in [4.69, 9.17) is 9.47 Å². The lowest BCUT2D eigenvalue weighted by Gasteiger charge is -2.13. The predicted molar refractivity (Wildman–Crippen MR) is 98.3 cm³/mol. The van der Waals surface area contributed by atoms with Crippen LogP contribution in [0.15, 0.2) is 28.2 Å². The monoisotopic (exact) mass is 359 g/mol. The molecular weight excluding hydrogens is 338 g/mol. The summed E-state index contributed by atoms with van der Waals surface area (Å²) < 4.78 is 11.2. The summed E-state index contributed by atoms with van der Waals surface area (Å²) in [4.78, 5) is 19.0. The van der Waals surface area contributed by atoms with Crippen molar-refractivity contribution in [2.45, 2.75) is 25.4 Å². The van der Waals surface area contributed by atoms with E-state index in [1.54, 1.807) is 31.6 Å². The molecule has 0 spiro atoms. The zero-order chi connectivity index (χ0) is 18.4. The highest BCUT2D eigenvalue weighted by atomic mass is 32.2. The number of hydrogen-bond acceptors (Lipinski definition) is 6. The molecule has 0 amide bonds. The van der Waals surface area contributed by atoms with Gasteiger partial charge in [-0.1, -0.05) is 25.6 Å². The van der Waals surface area contributed by atoms with Crippen LogP contribution in [0.2, 0.25) is 0 Å². The van der Waals surface area contributed by atoms with Crippen molar-refractivity contribution in [3.05, 3.63) is 34.1 Å². The van der Waals surface area contributed by atoms with Crippen LogP contribution < -0.4 is 15.0 Å². The number of aromatic amines is 1. The van der Waals surface area contributed by atoms with Crippen LogP contribution in [-0.2, 0) is 0 Å². The fraction of sp³-hybridized carbons (Fsp3) is 0.389. The average molecular weight is 359 g/mol. The minimum absolute atomic E-state index is 0.0201. The molecule has 0 radical (unpaired) electrons. The molecule has 1 aromatic carbocycles. The fourth-order valence-corrected chi connectivity index (χ4v) is 2.58. The number of methoxy groups -OCH3 is 1. The first-order valence-electron chi connectivity index (χ1n) is 7.89. The van der Waals surface area contributed by atoms with Crippen LogP contribution >= 0.6 is 11.8 Å². The molecule has 1 N–H and O–H groups in total. The highest BCUT2D eigenvalue weighted by Gasteiger charge is 2.15. The number of nitrogens with one attached hydrogen (secondary N) is 1. The molecule has 0 fully saturated rings. The summed E-state index contributed by atoms with van der Waals surface area (Å²) in [5, 5.41) is 9.75. The largest absolute Gasteiger partial charge is 0.493 e. The van der Waals surface area contributed by atoms with Crippen LogP contribution in [0.3, 0.4) is 0 Å². The van der Waals surface area contributed by atoms with Gasteiger partial charge in [-0.2, -0.15) is 5.26 Å². The van der Waals surface area contributed by atoms with Crippen molar-refractivity contribution < 1.29 is 9.47 Å². The van der Waals surface area contributed by atoms with E-state index < -0.39 is 5.56 Å². The van der Waals surface area contributed by atoms with Gasteiger partial charge < -0.3 is 14.5 Å². The van der Waals surface area contributed by atoms with Crippen LogP contribution in [-0.4, -0.2) is 29.9 Å². The summed E-state index contributed by atoms with van der Waals surface area (Å²) in [6.07, 6.45) is 2.75. The Morgan fingerprint density at radius 1 is 1.36 bits per heavy atom. The number of rotatable bonds is 7. The number of H-pyrrole nitrogens is 1. The number of aromatic nitrogens is 2. The minimum atomic E-state index is -0.451. The van der Waals surface area contributed by atoms with E-state index in [9.17, 15) is 10.1 Å². The van der Waals surface area contributed by atoms with Gasteiger partial charge in [-0.25, -0.2) is 4.98 Å². The molecule has 0 aliphatic heterocycles. The first-order valence-corrected chi connectivity index (χ1v) is 9.12. The first kappa shape index (κ1) is 18.9. The second-order valence-electron chi connectivity index (χ2n) is 5.81. The molecule has 0 unspecified atom stereocenters. The molecule has 0 bridgehead atoms. The standard InChI is InChI=1S/C18H21N3O3S/c1-11(2)7-8-24-14-6-5-12(9-15(14)23-3)16-13(10-19)17(22)21-18(20-16)25-4/h5-6,9,11H,7-8H2,1-4H3,(H,20,21,22). The molecule has 0 saturated carbocycles. The molecule has 6 nitrogen and oxygen atoms in total. The maximum atomic E-state index is 12.1. The molecular formula is C18H21N3O3S. The quantitative estimate of drug-likeness (QED) is 0.601. The number of benzene rings is 1. The molecule has 0 aliphatic rings. The van der Waals surface area contributed by atoms with E-state index in [0.717, 1.165) is 6.42 Å². The van der Waals surface area contributed by atoms with Gasteiger partial charge in [-0.3, -0.25) is 4.79 Å². The number of thioether (sulfide) groups is 1. The summed E-state index contributed by atoms with van der Waals surface area (Å²) in [7, 11) is 1.55. The predicted octanol–water partition coefficient (Wildman–Crippen LogP) is 3.46. The molecule has 0 atom stereocenters. The van der Waals surface area contributed by atoms with Gasteiger partial charge >= 0.3 is 0 Å². The SMILES string of the molecule is COc1cc(-c2nc(SC)[nH]c(=O)c2C#N)ccc1OCCC(C)C. The van der Waals surface area contributed by atoms with E-state index in [0.29, 0.717) is 40.4 Å². The molecule has 0 aliphatic carbocycles. The van der Waals surface area contributed by atoms with Crippen LogP contribution in [0.4, 0.5) is 0 Å². The van der Waals surface area contributed by atoms with Gasteiger partial charge in [-0.05, 0) is 36.8 Å². The number of nitriles is 1. The van der Waals surface area contributed by atoms with Crippen molar-refractivity contribution in [3.63, 3.8) is 0 Å². The molecule has 1 heterocycles. The Balaban J connectivity index is 2.43. The van der Waals surface area contributed by atoms with Crippen molar-refractivity contribution in [1.29, 1.82) is 5.26 Å². The van der Waals surface area contributed by atoms with Gasteiger partial charge in [0.1, 0.15) is 11.6 Å². The van der Waals surface area contributed by atoms with E-state index in [-0.39, 0.29) is 5.56 Å². The third kappa shape index (κ3) is 4.54. The Morgan fingerprint density at radius 2 is 2.12 bits per heavy atom. The summed E-state index contributed by atoms with van der Waals surface area (Å²) in [6.45, 7) is 4.86. The van der Waals surface area contributed by atoms with Gasteiger partial charge in [-0.15, -0.1) is 0 Å². The minimum Gasteiger partial charge on any atom is -0.493 e. The second-order valence-corrected chi connectivity index (χ2v) is 6.60. The normalized spacial score (nSPS) is 10.6. The lowest BCUT2D eigenvalue weighted by Crippen LogP contribution is -2.14. The summed E-state index contributed by atoms with van der Waals surface area (Å²) in [6, 6.07) is 7.21. The molecule has 0 saturated heterocycles. The zero-order valence-electron chi connectivity index (χ0n) is 14.8. The van der Waals surface area contributed by atoms with Gasteiger partial charge in [0.2, 0.25) is 0 Å². The van der Waals surface area contributed by atoms with Crippen LogP contribution in [0.5, 0.6) is 11.5 Å². The van der Waals surface area contributed by atoms with E-state index in [1.165, 1.54) is 11.8 Å². The van der Waals surface area contributed by atoms with E-state index in [2.05, 4.69) is 23.8 Å². The van der Waals surface area contributed by atoms with Gasteiger partial charge in [0.15, 0.2) is 16.7 Å². The molecule has 1 aromatic heterocycles. The molecule has 7 heteroatoms. The van der Waals surface area contributed by atoms with Crippen molar-refractivity contribution >= 4 is 11.8 Å². The lowest BCUT2D eigenvalue weighted by atomic mass is 10.1. The Kier molecular flexibility index (Phi) is 6.48. The van der Waals surface area contributed by atoms with Crippen LogP contribution in [0.25, 0.3) is 11.3 Å². The Morgan fingerprint density at radius 3 is 2.72 bits per heavy atom. The van der Waals surface area contributed by atoms with Crippen molar-refractivity contribution in [1.82, 2.24) is 9.97 Å². The third-order valence-electron chi connectivity index (χ3n) is 3.59. The van der Waals surface area contributed by atoms with Crippen LogP contribution in [0.1, 0.15) is 25.8 Å². The van der Waals surface area contributed by atoms with Gasteiger partial charge in [0.25, 0.3) is 5.56 Å². The average Bonchev–Trinajstić information content (AvgIpc) is 2.60. The first-order chi connectivity index (χ1) is 12.0. The molecule has 2 rings (SSSR count). The number of hydrogen-bond donors (Lipinski definition) is 1.